The van der Waals surface area contributed by atoms with E-state index in [2.05, 4.69) is 16.5 Å². The van der Waals surface area contributed by atoms with Crippen LogP contribution >= 0.6 is 0 Å². The quantitative estimate of drug-likeness (QED) is 0.148. The first kappa shape index (κ1) is 32.9. The third kappa shape index (κ3) is 6.17. The van der Waals surface area contributed by atoms with Crippen molar-refractivity contribution in [1.29, 1.82) is 5.26 Å². The van der Waals surface area contributed by atoms with E-state index in [1.54, 1.807) is 4.90 Å². The zero-order valence-electron chi connectivity index (χ0n) is 25.5. The van der Waals surface area contributed by atoms with E-state index >= 15 is 0 Å². The topological polar surface area (TPSA) is 125 Å². The molecule has 2 aliphatic heterocycles. The van der Waals surface area contributed by atoms with Gasteiger partial charge in [0.1, 0.15) is 18.0 Å². The fourth-order valence-electron chi connectivity index (χ4n) is 6.41. The molecule has 6 rings (SSSR count). The number of amides is 1. The van der Waals surface area contributed by atoms with Gasteiger partial charge in [-0.2, -0.15) is 28.4 Å². The molecule has 0 radical (unpaired) electrons. The van der Waals surface area contributed by atoms with E-state index in [0.29, 0.717) is 10.8 Å². The van der Waals surface area contributed by atoms with Gasteiger partial charge in [0.2, 0.25) is 0 Å². The molecule has 10 nitrogen and oxygen atoms in total. The molecule has 2 aromatic carbocycles. The molecule has 0 unspecified atom stereocenters. The second-order valence-corrected chi connectivity index (χ2v) is 11.9. The average Bonchev–Trinajstić information content (AvgIpc) is 3.61. The van der Waals surface area contributed by atoms with Gasteiger partial charge in [-0.3, -0.25) is 9.69 Å². The van der Waals surface area contributed by atoms with Gasteiger partial charge in [0.25, 0.3) is 11.8 Å². The Morgan fingerprint density at radius 1 is 1.19 bits per heavy atom. The molecule has 0 spiro atoms. The van der Waals surface area contributed by atoms with Gasteiger partial charge in [-0.25, -0.2) is 13.2 Å². The molecular formula is C32H29F6N7O3. The summed E-state index contributed by atoms with van der Waals surface area (Å²) < 4.78 is 96.3. The summed E-state index contributed by atoms with van der Waals surface area (Å²) in [6.45, 7) is 2.50. The highest BCUT2D eigenvalue weighted by Gasteiger charge is 2.43. The van der Waals surface area contributed by atoms with E-state index in [9.17, 15) is 36.4 Å². The molecule has 2 saturated heterocycles. The van der Waals surface area contributed by atoms with Gasteiger partial charge >= 0.3 is 12.2 Å². The second-order valence-electron chi connectivity index (χ2n) is 11.9. The minimum atomic E-state index is -4.73. The number of likely N-dealkylation sites (N-methyl/N-ethyl adjacent to an activating group) is 1. The lowest BCUT2D eigenvalue weighted by Crippen LogP contribution is -2.55. The van der Waals surface area contributed by atoms with Crippen molar-refractivity contribution in [2.75, 3.05) is 50.5 Å². The smallest absolute Gasteiger partial charge is 0.417 e. The first-order chi connectivity index (χ1) is 22.7. The van der Waals surface area contributed by atoms with Crippen LogP contribution in [0.25, 0.3) is 33.0 Å². The maximum atomic E-state index is 14.2. The number of piperazine rings is 1. The number of anilines is 2. The maximum Gasteiger partial charge on any atom is 0.417 e. The Balaban J connectivity index is 1.51. The van der Waals surface area contributed by atoms with Crippen molar-refractivity contribution >= 4 is 39.3 Å². The number of hydrogen-bond donors (Lipinski definition) is 1. The number of rotatable bonds is 7. The van der Waals surface area contributed by atoms with Crippen molar-refractivity contribution in [2.24, 2.45) is 0 Å². The third-order valence-corrected chi connectivity index (χ3v) is 8.65. The molecule has 1 amide bonds. The number of hydrogen-bond acceptors (Lipinski definition) is 9. The van der Waals surface area contributed by atoms with E-state index in [4.69, 9.17) is 14.9 Å². The number of nitrogen functional groups attached to an aromatic ring is 1. The molecule has 252 valence electrons. The number of ether oxygens (including phenoxy) is 1. The molecule has 0 aliphatic carbocycles. The van der Waals surface area contributed by atoms with Gasteiger partial charge < -0.3 is 24.7 Å². The normalized spacial score (nSPS) is 20.0. The molecule has 0 saturated carbocycles. The van der Waals surface area contributed by atoms with Crippen molar-refractivity contribution in [3.05, 3.63) is 54.6 Å². The number of nitriles is 1. The Kier molecular flexibility index (Phi) is 8.36. The van der Waals surface area contributed by atoms with Gasteiger partial charge in [0.05, 0.1) is 47.8 Å². The Bertz CT molecular complexity index is 1960. The number of nitrogens with zero attached hydrogens (tertiary/aromatic N) is 6. The summed E-state index contributed by atoms with van der Waals surface area (Å²) in [5.74, 6) is -4.85. The zero-order chi connectivity index (χ0) is 34.5. The highest BCUT2D eigenvalue weighted by atomic mass is 19.4. The van der Waals surface area contributed by atoms with Gasteiger partial charge in [0.15, 0.2) is 5.83 Å². The fraction of sp³-hybridized carbons (Fsp3) is 0.375. The highest BCUT2D eigenvalue weighted by molar-refractivity contribution is 6.14. The summed E-state index contributed by atoms with van der Waals surface area (Å²) in [6.07, 6.45) is -4.03. The van der Waals surface area contributed by atoms with Crippen LogP contribution < -0.4 is 15.4 Å². The van der Waals surface area contributed by atoms with Crippen LogP contribution in [-0.4, -0.2) is 83.5 Å². The van der Waals surface area contributed by atoms with Crippen LogP contribution in [0.3, 0.4) is 0 Å². The number of furan rings is 1. The molecule has 2 aromatic heterocycles. The number of halogens is 6. The second kappa shape index (κ2) is 12.2. The minimum absolute atomic E-state index is 0.00706. The predicted octanol–water partition coefficient (Wildman–Crippen LogP) is 5.78. The predicted molar refractivity (Wildman–Crippen MR) is 164 cm³/mol. The van der Waals surface area contributed by atoms with Gasteiger partial charge in [-0.15, -0.1) is 0 Å². The van der Waals surface area contributed by atoms with E-state index in [1.807, 2.05) is 6.07 Å². The van der Waals surface area contributed by atoms with Crippen molar-refractivity contribution in [3.63, 3.8) is 0 Å². The lowest BCUT2D eigenvalue weighted by molar-refractivity contribution is -0.137. The standard InChI is InChI=1S/C32H29F6N7O3/c1-17(33)29(46)45-9-8-44(14-19(45)5-7-39)28-26-25(41-30(42-28)48-15-20-13-31(34,35)16-43(20)2)12-22(21-6-10-47-27(21)26)23-11-18(40)3-4-24(23)32(36,37)38/h3-4,6,10-12,19-20H,1,5,8-9,13-16,40H2,2H3/t19-,20-/m0/s1. The Hall–Kier alpha value is -5.04. The number of likely N-dealkylation sites (tertiary alicyclic amines) is 1. The summed E-state index contributed by atoms with van der Waals surface area (Å²) in [5, 5.41) is 10.1. The fourth-order valence-corrected chi connectivity index (χ4v) is 6.41. The first-order valence-corrected chi connectivity index (χ1v) is 14.8. The maximum absolute atomic E-state index is 14.2. The van der Waals surface area contributed by atoms with Crippen molar-refractivity contribution in [1.82, 2.24) is 19.8 Å². The molecule has 2 fully saturated rings. The number of aromatic nitrogens is 2. The van der Waals surface area contributed by atoms with Crippen LogP contribution in [0.15, 0.2) is 53.4 Å². The van der Waals surface area contributed by atoms with Crippen LogP contribution in [0.4, 0.5) is 37.8 Å². The van der Waals surface area contributed by atoms with Crippen LogP contribution in [0, 0.1) is 11.3 Å². The van der Waals surface area contributed by atoms with E-state index in [1.165, 1.54) is 41.3 Å². The Morgan fingerprint density at radius 2 is 1.96 bits per heavy atom. The summed E-state index contributed by atoms with van der Waals surface area (Å²) in [5.41, 5.74) is 5.21. The molecule has 48 heavy (non-hydrogen) atoms. The summed E-state index contributed by atoms with van der Waals surface area (Å²) >= 11 is 0. The number of nitrogens with two attached hydrogens (primary N) is 1. The van der Waals surface area contributed by atoms with Gasteiger partial charge in [-0.1, -0.05) is 6.58 Å². The van der Waals surface area contributed by atoms with Crippen molar-refractivity contribution in [2.45, 2.75) is 37.0 Å². The van der Waals surface area contributed by atoms with Crippen LogP contribution in [0.1, 0.15) is 18.4 Å². The molecule has 4 aromatic rings. The van der Waals surface area contributed by atoms with Crippen molar-refractivity contribution < 1.29 is 40.3 Å². The van der Waals surface area contributed by atoms with Crippen LogP contribution in [-0.2, 0) is 11.0 Å². The molecule has 16 heteroatoms. The molecule has 2 aliphatic rings. The SMILES string of the molecule is C=C(F)C(=O)N1CCN(c2nc(OC[C@@H]3CC(F)(F)CN3C)nc3cc(-c4cc(N)ccc4C(F)(F)F)c4ccoc4c23)C[C@@H]1CC#N. The molecule has 2 atom stereocenters. The monoisotopic (exact) mass is 673 g/mol. The largest absolute Gasteiger partial charge is 0.463 e. The van der Waals surface area contributed by atoms with E-state index in [0.717, 1.165) is 12.1 Å². The summed E-state index contributed by atoms with van der Waals surface area (Å²) in [7, 11) is 1.54. The number of alkyl halides is 5. The molecule has 2 N–H and O–H groups in total. The lowest BCUT2D eigenvalue weighted by atomic mass is 9.94. The number of carbonyl (C=O) groups excluding carboxylic acids is 1. The van der Waals surface area contributed by atoms with Crippen molar-refractivity contribution in [3.8, 4) is 23.2 Å². The van der Waals surface area contributed by atoms with Crippen LogP contribution in [0.5, 0.6) is 6.01 Å². The van der Waals surface area contributed by atoms with Gasteiger partial charge in [0, 0.05) is 43.2 Å². The zero-order valence-corrected chi connectivity index (χ0v) is 25.5. The van der Waals surface area contributed by atoms with E-state index < -0.39 is 54.4 Å². The Labute approximate surface area is 270 Å². The molecular weight excluding hydrogens is 644 g/mol. The molecule has 0 bridgehead atoms. The average molecular weight is 674 g/mol. The third-order valence-electron chi connectivity index (χ3n) is 8.65. The van der Waals surface area contributed by atoms with E-state index in [-0.39, 0.29) is 72.4 Å². The number of carbonyl (C=O) groups is 1. The number of fused-ring (bicyclic) bond motifs is 3. The first-order valence-electron chi connectivity index (χ1n) is 14.8. The lowest BCUT2D eigenvalue weighted by Gasteiger charge is -2.41. The minimum Gasteiger partial charge on any atom is -0.463 e. The number of benzene rings is 2. The summed E-state index contributed by atoms with van der Waals surface area (Å²) in [6, 6.07) is 6.47. The molecule has 4 heterocycles. The van der Waals surface area contributed by atoms with Gasteiger partial charge in [-0.05, 0) is 48.5 Å². The van der Waals surface area contributed by atoms with Crippen LogP contribution in [0.2, 0.25) is 0 Å². The Morgan fingerprint density at radius 3 is 2.62 bits per heavy atom. The summed E-state index contributed by atoms with van der Waals surface area (Å²) in [4.78, 5) is 26.0. The highest BCUT2D eigenvalue weighted by Crippen LogP contribution is 2.44.